The SMILES string of the molecule is C/C(=N/OCCCCCCO/N=C\c1ccc(C=O)cc1)C(=O)P.C/C(=N/OCCCCCCON)C(=O)P.C/C=C/C=C/C(O/N=C\c1ccc(/C=N\OCCCCCCO/N=C(/C)C(=O)P)cc1)O/N=C(/C)C(=O)P.C=Cc1ccc(/C=N\OCCCCCCO/N=C(/C)C(=O)P)cc1. The smallest absolute Gasteiger partial charge is 0.308 e. The van der Waals surface area contributed by atoms with Crippen LogP contribution in [0.2, 0.25) is 0 Å². The van der Waals surface area contributed by atoms with Crippen molar-refractivity contribution in [2.24, 2.45) is 52.3 Å². The van der Waals surface area contributed by atoms with E-state index in [1.807, 2.05) is 92.1 Å². The van der Waals surface area contributed by atoms with Gasteiger partial charge in [-0.3, -0.25) is 28.8 Å². The highest BCUT2D eigenvalue weighted by atomic mass is 31.0. The van der Waals surface area contributed by atoms with Crippen molar-refractivity contribution in [3.63, 3.8) is 0 Å². The maximum absolute atomic E-state index is 11.3. The Kier molecular flexibility index (Phi) is 60.4. The van der Waals surface area contributed by atoms with E-state index in [0.717, 1.165) is 137 Å². The van der Waals surface area contributed by atoms with Crippen LogP contribution in [0.1, 0.15) is 182 Å². The van der Waals surface area contributed by atoms with Crippen molar-refractivity contribution in [3.8, 4) is 0 Å². The number of nitrogens with two attached hydrogens (primary N) is 1. The molecule has 0 aromatic heterocycles. The third-order valence-corrected chi connectivity index (χ3v) is 14.8. The predicted octanol–water partition coefficient (Wildman–Crippen LogP) is 13.5. The Hall–Kier alpha value is -7.80. The molecule has 0 fully saturated rings. The highest BCUT2D eigenvalue weighted by Gasteiger charge is 2.08. The van der Waals surface area contributed by atoms with Crippen LogP contribution < -0.4 is 5.90 Å². The summed E-state index contributed by atoms with van der Waals surface area (Å²) in [6.07, 6.45) is 30.6. The largest absolute Gasteiger partial charge is 0.396 e. The number of unbranched alkanes of at least 4 members (excludes halogenated alkanes) is 12. The summed E-state index contributed by atoms with van der Waals surface area (Å²) < 4.78 is 0. The van der Waals surface area contributed by atoms with Crippen LogP contribution in [0.4, 0.5) is 0 Å². The third kappa shape index (κ3) is 57.5. The molecule has 31 heteroatoms. The van der Waals surface area contributed by atoms with Crippen molar-refractivity contribution >= 4 is 140 Å². The number of benzene rings is 3. The second kappa shape index (κ2) is 65.5. The molecule has 0 radical (unpaired) electrons. The quantitative estimate of drug-likeness (QED) is 0.0104. The van der Waals surface area contributed by atoms with Crippen LogP contribution in [-0.2, 0) is 72.3 Å². The number of carbonyl (C=O) groups excluding carboxylic acids is 6. The van der Waals surface area contributed by atoms with Gasteiger partial charge in [-0.2, -0.15) is 0 Å². The van der Waals surface area contributed by atoms with E-state index in [1.165, 1.54) is 13.1 Å². The third-order valence-electron chi connectivity index (χ3n) is 12.7. The van der Waals surface area contributed by atoms with Crippen molar-refractivity contribution in [1.29, 1.82) is 0 Å². The highest BCUT2D eigenvalue weighted by Crippen LogP contribution is 2.10. The van der Waals surface area contributed by atoms with Gasteiger partial charge in [0.05, 0.1) is 31.5 Å². The van der Waals surface area contributed by atoms with E-state index in [2.05, 4.69) is 85.5 Å². The zero-order chi connectivity index (χ0) is 74.8. The van der Waals surface area contributed by atoms with Crippen LogP contribution in [0.3, 0.4) is 0 Å². The predicted molar refractivity (Wildman–Crippen MR) is 420 cm³/mol. The van der Waals surface area contributed by atoms with Gasteiger partial charge in [0.1, 0.15) is 81.1 Å². The molecule has 0 spiro atoms. The lowest BCUT2D eigenvalue weighted by atomic mass is 10.1. The number of rotatable bonds is 52. The fourth-order valence-corrected chi connectivity index (χ4v) is 6.96. The van der Waals surface area contributed by atoms with Gasteiger partial charge in [0.2, 0.25) is 0 Å². The van der Waals surface area contributed by atoms with Gasteiger partial charge in [-0.25, -0.2) is 5.90 Å². The molecule has 0 aliphatic rings. The summed E-state index contributed by atoms with van der Waals surface area (Å²) in [5.74, 6) is 4.88. The van der Waals surface area contributed by atoms with Crippen molar-refractivity contribution in [2.45, 2.75) is 151 Å². The van der Waals surface area contributed by atoms with Crippen LogP contribution in [0.25, 0.3) is 6.08 Å². The second-order valence-corrected chi connectivity index (χ2v) is 23.9. The molecular weight excluding hydrogens is 1390 g/mol. The molecule has 0 aliphatic heterocycles. The lowest BCUT2D eigenvalue weighted by molar-refractivity contribution is -0.113. The van der Waals surface area contributed by atoms with Gasteiger partial charge in [0, 0.05) is 11.6 Å². The molecule has 0 aliphatic carbocycles. The maximum atomic E-state index is 11.3. The molecule has 3 aromatic rings. The second-order valence-electron chi connectivity index (χ2n) is 21.3. The van der Waals surface area contributed by atoms with Crippen LogP contribution in [0.5, 0.6) is 0 Å². The lowest BCUT2D eigenvalue weighted by Crippen LogP contribution is -2.11. The summed E-state index contributed by atoms with van der Waals surface area (Å²) in [5, 5.41) is 34.3. The summed E-state index contributed by atoms with van der Waals surface area (Å²) in [5.41, 5.74) is 6.02. The first-order chi connectivity index (χ1) is 48.8. The molecule has 0 bridgehead atoms. The minimum Gasteiger partial charge on any atom is -0.396 e. The van der Waals surface area contributed by atoms with Gasteiger partial charge in [0.15, 0.2) is 27.6 Å². The average molecular weight is 1500 g/mol. The summed E-state index contributed by atoms with van der Waals surface area (Å²) in [7, 11) is 10.3. The Labute approximate surface area is 606 Å². The van der Waals surface area contributed by atoms with Crippen LogP contribution in [0.15, 0.2) is 150 Å². The Morgan fingerprint density at radius 3 is 0.921 bits per heavy atom. The molecule has 0 heterocycles. The number of oxime groups is 9. The number of hydrogen-bond donors (Lipinski definition) is 1. The number of carbonyl (C=O) groups is 6. The van der Waals surface area contributed by atoms with Crippen molar-refractivity contribution in [3.05, 3.63) is 137 Å². The minimum absolute atomic E-state index is 0.143. The number of aldehydes is 1. The summed E-state index contributed by atoms with van der Waals surface area (Å²) >= 11 is 0. The van der Waals surface area contributed by atoms with Gasteiger partial charge in [-0.05, 0) is 166 Å². The molecule has 0 saturated heterocycles. The molecule has 6 unspecified atom stereocenters. The molecule has 101 heavy (non-hydrogen) atoms. The Morgan fingerprint density at radius 1 is 0.376 bits per heavy atom. The van der Waals surface area contributed by atoms with Gasteiger partial charge in [-0.15, -0.1) is 0 Å². The zero-order valence-electron chi connectivity index (χ0n) is 59.0. The van der Waals surface area contributed by atoms with Crippen molar-refractivity contribution in [2.75, 3.05) is 52.9 Å². The van der Waals surface area contributed by atoms with Crippen molar-refractivity contribution < 1.29 is 77.1 Å². The first-order valence-corrected chi connectivity index (χ1v) is 35.7. The molecular formula is C70H103N10O16P5. The van der Waals surface area contributed by atoms with Gasteiger partial charge < -0.3 is 48.4 Å². The standard InChI is InChI=1S/C26H36N4O6P2.C18H25N2O3P.C17H23N2O4P.C9H19N2O3P/c1-4-5-8-11-24(36-30-21(3)26(32)38)35-28-19-23-14-12-22(13-15-23)18-27-33-16-9-6-7-10-17-34-29-20(2)25(31)37;1-3-16-8-10-17(11-9-16)14-19-22-12-6-4-5-7-13-23-20-15(2)18(21)24;1-14(17(21)24)19-23-11-5-3-2-4-10-22-18-12-15-6-8-16(13-20)9-7-15;1-8(9(12)15)11-14-7-5-3-2-4-6-13-10/h4-5,8,11-15,18-19,24H,6-7,9-10,16-17,37-38H2,1-3H3;3,8-11,14H,1,4-7,12-13,24H2,2H3;6-9,12-13H,2-5,10-11,24H2,1H3;2-7,10,15H2,1H3/b5-4+,11-8+,27-18-,28-19-,29-20-,30-21-;19-14-,20-15-;18-12-,19-14-;11-8-. The summed E-state index contributed by atoms with van der Waals surface area (Å²) in [6, 6.07) is 22.5. The lowest BCUT2D eigenvalue weighted by Gasteiger charge is -2.08. The van der Waals surface area contributed by atoms with E-state index in [1.54, 1.807) is 82.8 Å². The molecule has 2 N–H and O–H groups in total. The zero-order valence-corrected chi connectivity index (χ0v) is 64.8. The molecule has 0 amide bonds. The van der Waals surface area contributed by atoms with Crippen LogP contribution in [0, 0.1) is 0 Å². The van der Waals surface area contributed by atoms with E-state index in [0.29, 0.717) is 81.3 Å². The monoisotopic (exact) mass is 1490 g/mol. The van der Waals surface area contributed by atoms with Gasteiger partial charge in [0.25, 0.3) is 0 Å². The molecule has 3 rings (SSSR count). The molecule has 554 valence electrons. The fourth-order valence-electron chi connectivity index (χ4n) is 6.70. The first-order valence-electron chi connectivity index (χ1n) is 32.8. The maximum Gasteiger partial charge on any atom is 0.308 e. The molecule has 3 aromatic carbocycles. The number of nitrogens with zero attached hydrogens (tertiary/aromatic N) is 9. The summed E-state index contributed by atoms with van der Waals surface area (Å²) in [6.45, 7) is 17.9. The van der Waals surface area contributed by atoms with Crippen molar-refractivity contribution in [1.82, 2.24) is 0 Å². The van der Waals surface area contributed by atoms with E-state index in [4.69, 9.17) is 49.4 Å². The molecule has 6 atom stereocenters. The van der Waals surface area contributed by atoms with Gasteiger partial charge >= 0.3 is 6.29 Å². The normalized spacial score (nSPS) is 12.3. The first kappa shape index (κ1) is 93.2. The Morgan fingerprint density at radius 2 is 0.644 bits per heavy atom. The van der Waals surface area contributed by atoms with Crippen LogP contribution in [-0.4, -0.2) is 146 Å². The van der Waals surface area contributed by atoms with E-state index < -0.39 is 6.29 Å². The summed E-state index contributed by atoms with van der Waals surface area (Å²) in [4.78, 5) is 116. The fraction of sp³-hybridized carbons (Fsp3) is 0.443. The van der Waals surface area contributed by atoms with E-state index >= 15 is 0 Å². The van der Waals surface area contributed by atoms with E-state index in [-0.39, 0.29) is 33.3 Å². The minimum atomic E-state index is -0.894. The Balaban J connectivity index is 0.00000139. The molecule has 26 nitrogen and oxygen atoms in total. The van der Waals surface area contributed by atoms with E-state index in [9.17, 15) is 28.8 Å². The molecule has 0 saturated carbocycles. The van der Waals surface area contributed by atoms with Crippen LogP contribution >= 0.6 is 46.2 Å². The number of hydrogen-bond acceptors (Lipinski definition) is 26. The highest BCUT2D eigenvalue weighted by molar-refractivity contribution is 7.46. The van der Waals surface area contributed by atoms with Gasteiger partial charge in [-0.1, -0.05) is 203 Å². The number of allylic oxidation sites excluding steroid dienone is 3. The average Bonchev–Trinajstić information content (AvgIpc) is 1.28. The topological polar surface area (TPSA) is 332 Å². The Bertz CT molecular complexity index is 3060.